The number of aromatic nitrogens is 2. The first-order chi connectivity index (χ1) is 14.8. The minimum absolute atomic E-state index is 0.00439. The van der Waals surface area contributed by atoms with Crippen molar-refractivity contribution in [3.63, 3.8) is 0 Å². The van der Waals surface area contributed by atoms with Gasteiger partial charge in [-0.1, -0.05) is 13.8 Å². The molecule has 0 saturated heterocycles. The number of fused-ring (bicyclic) bond motifs is 1. The van der Waals surface area contributed by atoms with Crippen LogP contribution in [0.25, 0.3) is 22.3 Å². The number of hydrogen-bond acceptors (Lipinski definition) is 6. The van der Waals surface area contributed by atoms with Crippen LogP contribution in [0.2, 0.25) is 0 Å². The summed E-state index contributed by atoms with van der Waals surface area (Å²) < 4.78 is 16.4. The van der Waals surface area contributed by atoms with E-state index in [2.05, 4.69) is 15.3 Å². The Morgan fingerprint density at radius 2 is 1.90 bits per heavy atom. The highest BCUT2D eigenvalue weighted by Gasteiger charge is 2.14. The molecule has 0 atom stereocenters. The highest BCUT2D eigenvalue weighted by Crippen LogP contribution is 2.29. The van der Waals surface area contributed by atoms with Crippen LogP contribution in [0.15, 0.2) is 35.1 Å². The quantitative estimate of drug-likeness (QED) is 0.538. The van der Waals surface area contributed by atoms with Crippen LogP contribution in [0.1, 0.15) is 19.4 Å². The molecule has 0 unspecified atom stereocenters. The second-order valence-corrected chi connectivity index (χ2v) is 7.41. The number of rotatable bonds is 8. The molecule has 0 fully saturated rings. The summed E-state index contributed by atoms with van der Waals surface area (Å²) in [5.74, 6) is 2.03. The van der Waals surface area contributed by atoms with E-state index in [1.165, 1.54) is 7.11 Å². The molecule has 0 aliphatic rings. The number of carbonyl (C=O) groups excluding carboxylic acids is 1. The van der Waals surface area contributed by atoms with Crippen molar-refractivity contribution in [3.8, 4) is 28.6 Å². The van der Waals surface area contributed by atoms with Crippen molar-refractivity contribution in [2.45, 2.75) is 20.8 Å². The monoisotopic (exact) mass is 425 g/mol. The van der Waals surface area contributed by atoms with Gasteiger partial charge in [0, 0.05) is 23.6 Å². The molecule has 0 aliphatic heterocycles. The maximum atomic E-state index is 12.7. The maximum Gasteiger partial charge on any atom is 0.262 e. The maximum absolute atomic E-state index is 12.7. The molecule has 8 nitrogen and oxygen atoms in total. The van der Waals surface area contributed by atoms with E-state index in [0.29, 0.717) is 47.1 Å². The summed E-state index contributed by atoms with van der Waals surface area (Å²) >= 11 is 0. The molecule has 1 amide bonds. The van der Waals surface area contributed by atoms with Crippen molar-refractivity contribution in [1.29, 1.82) is 0 Å². The summed E-state index contributed by atoms with van der Waals surface area (Å²) in [5.41, 5.74) is 1.82. The average Bonchev–Trinajstić information content (AvgIpc) is 2.76. The Morgan fingerprint density at radius 3 is 2.55 bits per heavy atom. The molecule has 0 spiro atoms. The van der Waals surface area contributed by atoms with E-state index in [9.17, 15) is 9.59 Å². The van der Waals surface area contributed by atoms with Crippen molar-refractivity contribution in [2.24, 2.45) is 5.92 Å². The van der Waals surface area contributed by atoms with Crippen LogP contribution in [0, 0.1) is 12.8 Å². The number of carbonyl (C=O) groups is 1. The van der Waals surface area contributed by atoms with E-state index in [-0.39, 0.29) is 17.4 Å². The number of hydrogen-bond donors (Lipinski definition) is 2. The molecule has 0 saturated carbocycles. The normalized spacial score (nSPS) is 10.9. The molecule has 3 rings (SSSR count). The highest BCUT2D eigenvalue weighted by atomic mass is 16.5. The molecule has 3 aromatic rings. The van der Waals surface area contributed by atoms with Gasteiger partial charge in [0.05, 0.1) is 26.3 Å². The molecule has 2 N–H and O–H groups in total. The fourth-order valence-corrected chi connectivity index (χ4v) is 3.12. The molecule has 1 aromatic heterocycles. The van der Waals surface area contributed by atoms with Crippen LogP contribution < -0.4 is 25.1 Å². The summed E-state index contributed by atoms with van der Waals surface area (Å²) in [6.07, 6.45) is 0. The van der Waals surface area contributed by atoms with Gasteiger partial charge in [-0.05, 0) is 30.7 Å². The summed E-state index contributed by atoms with van der Waals surface area (Å²) in [6.45, 7) is 6.40. The van der Waals surface area contributed by atoms with E-state index in [1.807, 2.05) is 39.0 Å². The second-order valence-electron chi connectivity index (χ2n) is 7.41. The lowest BCUT2D eigenvalue weighted by molar-refractivity contribution is -0.124. The first-order valence-corrected chi connectivity index (χ1v) is 10.0. The number of amides is 1. The van der Waals surface area contributed by atoms with Crippen LogP contribution in [0.3, 0.4) is 0 Å². The Kier molecular flexibility index (Phi) is 6.79. The van der Waals surface area contributed by atoms with Gasteiger partial charge in [-0.25, -0.2) is 4.98 Å². The Labute approximate surface area is 180 Å². The minimum atomic E-state index is -0.293. The predicted octanol–water partition coefficient (Wildman–Crippen LogP) is 3.07. The van der Waals surface area contributed by atoms with Gasteiger partial charge in [-0.15, -0.1) is 0 Å². The summed E-state index contributed by atoms with van der Waals surface area (Å²) in [5, 5.41) is 3.18. The van der Waals surface area contributed by atoms with Gasteiger partial charge in [0.2, 0.25) is 5.91 Å². The Bertz CT molecular complexity index is 1150. The van der Waals surface area contributed by atoms with Gasteiger partial charge in [-0.3, -0.25) is 9.59 Å². The molecule has 164 valence electrons. The molecule has 0 bridgehead atoms. The van der Waals surface area contributed by atoms with Gasteiger partial charge < -0.3 is 24.5 Å². The zero-order valence-electron chi connectivity index (χ0n) is 18.4. The molecule has 8 heteroatoms. The Balaban J connectivity index is 1.84. The zero-order chi connectivity index (χ0) is 22.5. The smallest absolute Gasteiger partial charge is 0.262 e. The fourth-order valence-electron chi connectivity index (χ4n) is 3.12. The van der Waals surface area contributed by atoms with Crippen LogP contribution in [-0.4, -0.2) is 43.2 Å². The molecular weight excluding hydrogens is 398 g/mol. The van der Waals surface area contributed by atoms with Gasteiger partial charge >= 0.3 is 0 Å². The number of nitrogens with zero attached hydrogens (tertiary/aromatic N) is 1. The predicted molar refractivity (Wildman–Crippen MR) is 119 cm³/mol. The van der Waals surface area contributed by atoms with Crippen molar-refractivity contribution >= 4 is 16.8 Å². The second kappa shape index (κ2) is 9.51. The largest absolute Gasteiger partial charge is 0.497 e. The summed E-state index contributed by atoms with van der Waals surface area (Å²) in [7, 11) is 3.04. The average molecular weight is 425 g/mol. The van der Waals surface area contributed by atoms with E-state index in [0.717, 1.165) is 11.1 Å². The lowest BCUT2D eigenvalue weighted by Gasteiger charge is -2.13. The summed E-state index contributed by atoms with van der Waals surface area (Å²) in [4.78, 5) is 31.7. The number of H-pyrrole nitrogens is 1. The van der Waals surface area contributed by atoms with Gasteiger partial charge in [-0.2, -0.15) is 0 Å². The Morgan fingerprint density at radius 1 is 1.13 bits per heavy atom. The lowest BCUT2D eigenvalue weighted by Crippen LogP contribution is -2.31. The van der Waals surface area contributed by atoms with E-state index >= 15 is 0 Å². The summed E-state index contributed by atoms with van der Waals surface area (Å²) in [6, 6.07) is 8.90. The molecule has 31 heavy (non-hydrogen) atoms. The molecular formula is C23H27N3O5. The zero-order valence-corrected chi connectivity index (χ0v) is 18.4. The van der Waals surface area contributed by atoms with Crippen LogP contribution in [0.4, 0.5) is 0 Å². The topological polar surface area (TPSA) is 103 Å². The SMILES string of the molecule is COc1cc(OC)c2c(=O)[nH]c(-c3ccc(OCCNC(=O)C(C)C)c(C)c3)nc2c1. The van der Waals surface area contributed by atoms with Crippen molar-refractivity contribution in [1.82, 2.24) is 15.3 Å². The molecule has 2 aromatic carbocycles. The first kappa shape index (κ1) is 22.1. The van der Waals surface area contributed by atoms with Gasteiger partial charge in [0.15, 0.2) is 0 Å². The molecule has 0 radical (unpaired) electrons. The van der Waals surface area contributed by atoms with E-state index < -0.39 is 0 Å². The highest BCUT2D eigenvalue weighted by molar-refractivity contribution is 5.87. The third-order valence-electron chi connectivity index (χ3n) is 4.83. The third-order valence-corrected chi connectivity index (χ3v) is 4.83. The number of ether oxygens (including phenoxy) is 3. The van der Waals surface area contributed by atoms with Crippen LogP contribution >= 0.6 is 0 Å². The number of methoxy groups -OCH3 is 2. The standard InChI is InChI=1S/C23H27N3O5/c1-13(2)22(27)24-8-9-31-18-7-6-15(10-14(18)3)21-25-17-11-16(29-4)12-19(30-5)20(17)23(28)26-21/h6-7,10-13H,8-9H2,1-5H3,(H,24,27)(H,25,26,28). The lowest BCUT2D eigenvalue weighted by atomic mass is 10.1. The molecule has 0 aliphatic carbocycles. The number of aryl methyl sites for hydroxylation is 1. The van der Waals surface area contributed by atoms with Crippen molar-refractivity contribution in [3.05, 3.63) is 46.2 Å². The number of aromatic amines is 1. The molecule has 1 heterocycles. The van der Waals surface area contributed by atoms with Crippen LogP contribution in [-0.2, 0) is 4.79 Å². The number of benzene rings is 2. The Hall–Kier alpha value is -3.55. The van der Waals surface area contributed by atoms with E-state index in [4.69, 9.17) is 14.2 Å². The van der Waals surface area contributed by atoms with Gasteiger partial charge in [0.1, 0.15) is 35.1 Å². The van der Waals surface area contributed by atoms with Crippen molar-refractivity contribution in [2.75, 3.05) is 27.4 Å². The van der Waals surface area contributed by atoms with E-state index in [1.54, 1.807) is 19.2 Å². The van der Waals surface area contributed by atoms with Crippen molar-refractivity contribution < 1.29 is 19.0 Å². The minimum Gasteiger partial charge on any atom is -0.497 e. The first-order valence-electron chi connectivity index (χ1n) is 10.0. The van der Waals surface area contributed by atoms with Crippen LogP contribution in [0.5, 0.6) is 17.2 Å². The number of nitrogens with one attached hydrogen (secondary N) is 2. The third kappa shape index (κ3) is 4.96. The van der Waals surface area contributed by atoms with Gasteiger partial charge in [0.25, 0.3) is 5.56 Å². The fraction of sp³-hybridized carbons (Fsp3) is 0.348.